The molecule has 2 aliphatic heterocycles. The number of rotatable bonds is 5. The third-order valence-corrected chi connectivity index (χ3v) is 6.41. The van der Waals surface area contributed by atoms with E-state index in [2.05, 4.69) is 15.2 Å². The number of anilines is 2. The highest BCUT2D eigenvalue weighted by molar-refractivity contribution is 6.22. The largest absolute Gasteiger partial charge is 0.371 e. The fraction of sp³-hybridized carbons (Fsp3) is 0.222. The lowest BCUT2D eigenvalue weighted by Gasteiger charge is -2.36. The van der Waals surface area contributed by atoms with E-state index in [-0.39, 0.29) is 11.5 Å². The summed E-state index contributed by atoms with van der Waals surface area (Å²) in [5.41, 5.74) is 9.81. The van der Waals surface area contributed by atoms with Crippen molar-refractivity contribution in [3.05, 3.63) is 95.3 Å². The number of nitrogens with zero attached hydrogens (tertiary/aromatic N) is 3. The van der Waals surface area contributed by atoms with Crippen molar-refractivity contribution in [2.45, 2.75) is 18.6 Å². The maximum Gasteiger partial charge on any atom is 0.272 e. The molecule has 0 saturated heterocycles. The van der Waals surface area contributed by atoms with Crippen molar-refractivity contribution < 1.29 is 14.0 Å². The van der Waals surface area contributed by atoms with Gasteiger partial charge in [0, 0.05) is 31.3 Å². The molecule has 178 valence electrons. The van der Waals surface area contributed by atoms with Gasteiger partial charge in [0.25, 0.3) is 5.91 Å². The van der Waals surface area contributed by atoms with Crippen LogP contribution >= 0.6 is 0 Å². The number of likely N-dealkylation sites (N-methyl/N-ethyl adjacent to an activating group) is 1. The maximum absolute atomic E-state index is 14.9. The fourth-order valence-electron chi connectivity index (χ4n) is 4.58. The van der Waals surface area contributed by atoms with Crippen molar-refractivity contribution in [3.63, 3.8) is 0 Å². The summed E-state index contributed by atoms with van der Waals surface area (Å²) in [4.78, 5) is 35.0. The normalized spacial score (nSPS) is 17.9. The molecule has 2 atom stereocenters. The first-order valence-electron chi connectivity index (χ1n) is 11.5. The third kappa shape index (κ3) is 4.28. The fourth-order valence-corrected chi connectivity index (χ4v) is 4.58. The molecule has 2 heterocycles. The molecule has 0 bridgehead atoms. The molecule has 0 aliphatic carbocycles. The average molecular weight is 472 g/mol. The van der Waals surface area contributed by atoms with E-state index in [9.17, 15) is 14.0 Å². The van der Waals surface area contributed by atoms with Crippen LogP contribution in [0.5, 0.6) is 0 Å². The first-order valence-corrected chi connectivity index (χ1v) is 11.5. The van der Waals surface area contributed by atoms with Gasteiger partial charge < -0.3 is 20.9 Å². The molecule has 5 rings (SSSR count). The van der Waals surface area contributed by atoms with Gasteiger partial charge in [-0.1, -0.05) is 54.6 Å². The van der Waals surface area contributed by atoms with E-state index in [1.807, 2.05) is 55.6 Å². The quantitative estimate of drug-likeness (QED) is 0.598. The Bertz CT molecular complexity index is 1310. The molecule has 8 heteroatoms. The number of halogens is 1. The Kier molecular flexibility index (Phi) is 6.05. The maximum atomic E-state index is 14.9. The predicted octanol–water partition coefficient (Wildman–Crippen LogP) is 2.47. The van der Waals surface area contributed by atoms with Gasteiger partial charge in [-0.25, -0.2) is 9.38 Å². The third-order valence-electron chi connectivity index (χ3n) is 6.41. The van der Waals surface area contributed by atoms with Gasteiger partial charge in [0.1, 0.15) is 5.82 Å². The lowest BCUT2D eigenvalue weighted by Crippen LogP contribution is -2.54. The highest BCUT2D eigenvalue weighted by atomic mass is 19.1. The standard InChI is InChI=1S/C27H26FN5O2/c1-32-14-15-33-24-19(11-7-13-22(24)32)23(18-10-5-6-12-20(18)28)30-25(27(33)35)31-26(34)21(29)16-17-8-3-2-4-9-17/h2-13,21,25H,14-16,29H2,1H3,(H,31,34)/t21-,25+/m0/s1. The molecule has 0 radical (unpaired) electrons. The molecule has 3 N–H and O–H groups in total. The molecule has 35 heavy (non-hydrogen) atoms. The Balaban J connectivity index is 1.55. The Morgan fingerprint density at radius 2 is 1.77 bits per heavy atom. The van der Waals surface area contributed by atoms with Gasteiger partial charge in [-0.2, -0.15) is 0 Å². The molecule has 2 aliphatic rings. The molecule has 0 saturated carbocycles. The van der Waals surface area contributed by atoms with Gasteiger partial charge in [0.2, 0.25) is 12.1 Å². The predicted molar refractivity (Wildman–Crippen MR) is 134 cm³/mol. The Labute approximate surface area is 203 Å². The van der Waals surface area contributed by atoms with Gasteiger partial charge >= 0.3 is 0 Å². The number of hydrogen-bond donors (Lipinski definition) is 2. The second kappa shape index (κ2) is 9.31. The van der Waals surface area contributed by atoms with Crippen molar-refractivity contribution in [1.29, 1.82) is 0 Å². The monoisotopic (exact) mass is 471 g/mol. The Morgan fingerprint density at radius 3 is 2.54 bits per heavy atom. The number of nitrogens with two attached hydrogens (primary N) is 1. The number of benzene rings is 3. The lowest BCUT2D eigenvalue weighted by molar-refractivity contribution is -0.128. The highest BCUT2D eigenvalue weighted by Gasteiger charge is 2.38. The van der Waals surface area contributed by atoms with Crippen LogP contribution in [0.3, 0.4) is 0 Å². The summed E-state index contributed by atoms with van der Waals surface area (Å²) >= 11 is 0. The average Bonchev–Trinajstić information content (AvgIpc) is 2.98. The summed E-state index contributed by atoms with van der Waals surface area (Å²) in [5.74, 6) is -1.33. The molecule has 3 aromatic carbocycles. The number of nitrogens with one attached hydrogen (secondary N) is 1. The second-order valence-electron chi connectivity index (χ2n) is 8.75. The van der Waals surface area contributed by atoms with Crippen LogP contribution in [-0.4, -0.2) is 49.9 Å². The van der Waals surface area contributed by atoms with Crippen LogP contribution in [0, 0.1) is 5.82 Å². The van der Waals surface area contributed by atoms with E-state index in [4.69, 9.17) is 5.73 Å². The Hall–Kier alpha value is -4.04. The number of carbonyl (C=O) groups excluding carboxylic acids is 2. The van der Waals surface area contributed by atoms with Crippen LogP contribution in [0.15, 0.2) is 77.8 Å². The van der Waals surface area contributed by atoms with Crippen LogP contribution < -0.4 is 20.9 Å². The molecule has 0 unspecified atom stereocenters. The summed E-state index contributed by atoms with van der Waals surface area (Å²) in [7, 11) is 1.95. The first kappa shape index (κ1) is 22.7. The summed E-state index contributed by atoms with van der Waals surface area (Å²) in [5, 5.41) is 2.72. The SMILES string of the molecule is CN1CCN2C(=O)[C@@H](NC(=O)[C@@H](N)Cc3ccccc3)N=C(c3ccccc3F)c3cccc1c32. The highest BCUT2D eigenvalue weighted by Crippen LogP contribution is 2.39. The summed E-state index contributed by atoms with van der Waals surface area (Å²) in [6, 6.07) is 20.5. The zero-order valence-electron chi connectivity index (χ0n) is 19.3. The summed E-state index contributed by atoms with van der Waals surface area (Å²) < 4.78 is 14.9. The molecule has 2 amide bonds. The van der Waals surface area contributed by atoms with Crippen molar-refractivity contribution in [2.75, 3.05) is 29.9 Å². The molecule has 3 aromatic rings. The van der Waals surface area contributed by atoms with Gasteiger partial charge in [0.15, 0.2) is 0 Å². The van der Waals surface area contributed by atoms with E-state index in [0.717, 1.165) is 11.3 Å². The van der Waals surface area contributed by atoms with Crippen LogP contribution in [-0.2, 0) is 16.0 Å². The number of carbonyl (C=O) groups is 2. The van der Waals surface area contributed by atoms with E-state index in [0.29, 0.717) is 36.5 Å². The van der Waals surface area contributed by atoms with Crippen molar-refractivity contribution in [1.82, 2.24) is 5.32 Å². The van der Waals surface area contributed by atoms with Gasteiger partial charge in [-0.3, -0.25) is 9.59 Å². The van der Waals surface area contributed by atoms with E-state index in [1.54, 1.807) is 23.1 Å². The minimum atomic E-state index is -1.23. The molecule has 0 fully saturated rings. The van der Waals surface area contributed by atoms with Crippen molar-refractivity contribution in [3.8, 4) is 0 Å². The number of aliphatic imine (C=N–C) groups is 1. The van der Waals surface area contributed by atoms with Crippen LogP contribution in [0.2, 0.25) is 0 Å². The topological polar surface area (TPSA) is 91.0 Å². The number of para-hydroxylation sites is 1. The van der Waals surface area contributed by atoms with Crippen LogP contribution in [0.1, 0.15) is 16.7 Å². The molecule has 7 nitrogen and oxygen atoms in total. The Morgan fingerprint density at radius 1 is 1.06 bits per heavy atom. The molecule has 0 spiro atoms. The van der Waals surface area contributed by atoms with Crippen LogP contribution in [0.4, 0.5) is 15.8 Å². The lowest BCUT2D eigenvalue weighted by atomic mass is 9.97. The summed E-state index contributed by atoms with van der Waals surface area (Å²) in [6.07, 6.45) is -0.918. The van der Waals surface area contributed by atoms with E-state index < -0.39 is 23.9 Å². The van der Waals surface area contributed by atoms with Gasteiger partial charge in [-0.05, 0) is 30.2 Å². The minimum absolute atomic E-state index is 0.261. The van der Waals surface area contributed by atoms with E-state index >= 15 is 0 Å². The summed E-state index contributed by atoms with van der Waals surface area (Å²) in [6.45, 7) is 1.03. The van der Waals surface area contributed by atoms with Crippen molar-refractivity contribution >= 4 is 28.9 Å². The molecular formula is C27H26FN5O2. The van der Waals surface area contributed by atoms with Gasteiger partial charge in [-0.15, -0.1) is 0 Å². The smallest absolute Gasteiger partial charge is 0.272 e. The molecular weight excluding hydrogens is 445 g/mol. The first-order chi connectivity index (χ1) is 16.9. The number of hydrogen-bond acceptors (Lipinski definition) is 5. The second-order valence-corrected chi connectivity index (χ2v) is 8.75. The zero-order valence-corrected chi connectivity index (χ0v) is 19.3. The zero-order chi connectivity index (χ0) is 24.5. The number of amides is 2. The van der Waals surface area contributed by atoms with E-state index in [1.165, 1.54) is 6.07 Å². The molecule has 0 aromatic heterocycles. The minimum Gasteiger partial charge on any atom is -0.371 e. The van der Waals surface area contributed by atoms with Crippen molar-refractivity contribution in [2.24, 2.45) is 10.7 Å². The van der Waals surface area contributed by atoms with Crippen LogP contribution in [0.25, 0.3) is 0 Å². The van der Waals surface area contributed by atoms with Gasteiger partial charge in [0.05, 0.1) is 23.1 Å².